The Hall–Kier alpha value is -1.36. The highest BCUT2D eigenvalue weighted by atomic mass is 79.9. The van der Waals surface area contributed by atoms with E-state index in [0.29, 0.717) is 37.6 Å². The van der Waals surface area contributed by atoms with Crippen LogP contribution in [-0.4, -0.2) is 47.8 Å². The number of nitrogens with zero attached hydrogens (tertiary/aromatic N) is 2. The summed E-state index contributed by atoms with van der Waals surface area (Å²) in [5, 5.41) is 0. The first kappa shape index (κ1) is 16.5. The molecule has 3 rings (SSSR count). The number of carbonyl (C=O) groups is 2. The predicted molar refractivity (Wildman–Crippen MR) is 93.2 cm³/mol. The molecule has 2 amide bonds. The Bertz CT molecular complexity index is 576. The van der Waals surface area contributed by atoms with Crippen molar-refractivity contribution < 1.29 is 9.59 Å². The summed E-state index contributed by atoms with van der Waals surface area (Å²) in [6.07, 6.45) is 5.69. The maximum atomic E-state index is 12.6. The Morgan fingerprint density at radius 1 is 0.957 bits per heavy atom. The van der Waals surface area contributed by atoms with Crippen molar-refractivity contribution in [1.82, 2.24) is 9.80 Å². The standard InChI is InChI=1S/C18H23BrN2O2/c19-16-8-4-7-15(13-16)18(23)21-11-9-20(10-12-21)17(22)14-5-2-1-3-6-14/h4,7-8,13-14H,1-3,5-6,9-12H2. The van der Waals surface area contributed by atoms with E-state index >= 15 is 0 Å². The Kier molecular flexibility index (Phi) is 5.36. The van der Waals surface area contributed by atoms with Gasteiger partial charge in [-0.05, 0) is 31.0 Å². The SMILES string of the molecule is O=C(c1cccc(Br)c1)N1CCN(C(=O)C2CCCCC2)CC1. The van der Waals surface area contributed by atoms with Gasteiger partial charge in [-0.1, -0.05) is 41.3 Å². The second-order valence-electron chi connectivity index (χ2n) is 6.46. The molecule has 1 saturated heterocycles. The van der Waals surface area contributed by atoms with Crippen LogP contribution in [0.2, 0.25) is 0 Å². The van der Waals surface area contributed by atoms with E-state index in [1.54, 1.807) is 0 Å². The molecule has 23 heavy (non-hydrogen) atoms. The van der Waals surface area contributed by atoms with Crippen molar-refractivity contribution in [2.24, 2.45) is 5.92 Å². The number of piperazine rings is 1. The first-order chi connectivity index (χ1) is 11.1. The van der Waals surface area contributed by atoms with Gasteiger partial charge in [-0.25, -0.2) is 0 Å². The Labute approximate surface area is 146 Å². The molecule has 0 atom stereocenters. The first-order valence-electron chi connectivity index (χ1n) is 8.49. The van der Waals surface area contributed by atoms with Gasteiger partial charge >= 0.3 is 0 Å². The van der Waals surface area contributed by atoms with Crippen molar-refractivity contribution in [1.29, 1.82) is 0 Å². The van der Waals surface area contributed by atoms with Gasteiger partial charge in [0.1, 0.15) is 0 Å². The number of amides is 2. The molecule has 1 aliphatic carbocycles. The summed E-state index contributed by atoms with van der Waals surface area (Å²) in [6, 6.07) is 7.48. The summed E-state index contributed by atoms with van der Waals surface area (Å²) in [4.78, 5) is 28.9. The molecular formula is C18H23BrN2O2. The van der Waals surface area contributed by atoms with Gasteiger partial charge in [0.2, 0.25) is 5.91 Å². The summed E-state index contributed by atoms with van der Waals surface area (Å²) >= 11 is 3.40. The van der Waals surface area contributed by atoms with Crippen molar-refractivity contribution in [2.45, 2.75) is 32.1 Å². The topological polar surface area (TPSA) is 40.6 Å². The van der Waals surface area contributed by atoms with Gasteiger partial charge < -0.3 is 9.80 Å². The Morgan fingerprint density at radius 3 is 2.26 bits per heavy atom. The van der Waals surface area contributed by atoms with E-state index in [0.717, 1.165) is 17.3 Å². The van der Waals surface area contributed by atoms with E-state index < -0.39 is 0 Å². The molecule has 0 spiro atoms. The lowest BCUT2D eigenvalue weighted by Crippen LogP contribution is -2.52. The highest BCUT2D eigenvalue weighted by Gasteiger charge is 2.29. The number of rotatable bonds is 2. The van der Waals surface area contributed by atoms with Crippen LogP contribution in [0.4, 0.5) is 0 Å². The third kappa shape index (κ3) is 3.94. The number of hydrogen-bond acceptors (Lipinski definition) is 2. The van der Waals surface area contributed by atoms with Crippen LogP contribution in [0.25, 0.3) is 0 Å². The van der Waals surface area contributed by atoms with Gasteiger partial charge in [0.25, 0.3) is 5.91 Å². The minimum atomic E-state index is 0.0519. The second kappa shape index (κ2) is 7.47. The van der Waals surface area contributed by atoms with Crippen molar-refractivity contribution >= 4 is 27.7 Å². The van der Waals surface area contributed by atoms with Gasteiger partial charge in [0.15, 0.2) is 0 Å². The largest absolute Gasteiger partial charge is 0.339 e. The molecule has 1 aliphatic heterocycles. The Morgan fingerprint density at radius 2 is 1.61 bits per heavy atom. The van der Waals surface area contributed by atoms with Crippen molar-refractivity contribution in [2.75, 3.05) is 26.2 Å². The van der Waals surface area contributed by atoms with E-state index in [1.165, 1.54) is 19.3 Å². The van der Waals surface area contributed by atoms with E-state index in [1.807, 2.05) is 34.1 Å². The van der Waals surface area contributed by atoms with Crippen LogP contribution in [-0.2, 0) is 4.79 Å². The molecule has 1 aromatic rings. The van der Waals surface area contributed by atoms with Gasteiger partial charge in [-0.15, -0.1) is 0 Å². The van der Waals surface area contributed by atoms with Crippen molar-refractivity contribution in [3.8, 4) is 0 Å². The molecule has 1 saturated carbocycles. The molecular weight excluding hydrogens is 356 g/mol. The quantitative estimate of drug-likeness (QED) is 0.791. The number of halogens is 1. The minimum absolute atomic E-state index is 0.0519. The van der Waals surface area contributed by atoms with E-state index in [9.17, 15) is 9.59 Å². The van der Waals surface area contributed by atoms with Gasteiger partial charge in [-0.3, -0.25) is 9.59 Å². The zero-order valence-electron chi connectivity index (χ0n) is 13.3. The third-order valence-corrected chi connectivity index (χ3v) is 5.40. The molecule has 0 aromatic heterocycles. The fraction of sp³-hybridized carbons (Fsp3) is 0.556. The summed E-state index contributed by atoms with van der Waals surface area (Å²) in [5.41, 5.74) is 0.700. The maximum absolute atomic E-state index is 12.6. The smallest absolute Gasteiger partial charge is 0.254 e. The highest BCUT2D eigenvalue weighted by molar-refractivity contribution is 9.10. The predicted octanol–water partition coefficient (Wildman–Crippen LogP) is 3.31. The monoisotopic (exact) mass is 378 g/mol. The molecule has 4 nitrogen and oxygen atoms in total. The molecule has 0 unspecified atom stereocenters. The molecule has 0 N–H and O–H groups in total. The molecule has 124 valence electrons. The zero-order chi connectivity index (χ0) is 16.2. The van der Waals surface area contributed by atoms with E-state index in [-0.39, 0.29) is 11.8 Å². The summed E-state index contributed by atoms with van der Waals surface area (Å²) in [6.45, 7) is 2.58. The van der Waals surface area contributed by atoms with Crippen molar-refractivity contribution in [3.05, 3.63) is 34.3 Å². The zero-order valence-corrected chi connectivity index (χ0v) is 14.9. The van der Waals surface area contributed by atoms with Crippen LogP contribution >= 0.6 is 15.9 Å². The van der Waals surface area contributed by atoms with Crippen LogP contribution in [0, 0.1) is 5.92 Å². The third-order valence-electron chi connectivity index (χ3n) is 4.90. The van der Waals surface area contributed by atoms with Crippen LogP contribution in [0.15, 0.2) is 28.7 Å². The minimum Gasteiger partial charge on any atom is -0.339 e. The molecule has 5 heteroatoms. The second-order valence-corrected chi connectivity index (χ2v) is 7.38. The number of carbonyl (C=O) groups excluding carboxylic acids is 2. The normalized spacial score (nSPS) is 19.7. The molecule has 2 fully saturated rings. The first-order valence-corrected chi connectivity index (χ1v) is 9.28. The fourth-order valence-corrected chi connectivity index (χ4v) is 3.94. The molecule has 1 heterocycles. The molecule has 2 aliphatic rings. The van der Waals surface area contributed by atoms with E-state index in [2.05, 4.69) is 15.9 Å². The molecule has 1 aromatic carbocycles. The van der Waals surface area contributed by atoms with E-state index in [4.69, 9.17) is 0 Å². The summed E-state index contributed by atoms with van der Waals surface area (Å²) < 4.78 is 0.912. The van der Waals surface area contributed by atoms with Gasteiger partial charge in [0.05, 0.1) is 0 Å². The lowest BCUT2D eigenvalue weighted by Gasteiger charge is -2.37. The average molecular weight is 379 g/mol. The maximum Gasteiger partial charge on any atom is 0.254 e. The highest BCUT2D eigenvalue weighted by Crippen LogP contribution is 2.26. The lowest BCUT2D eigenvalue weighted by atomic mass is 9.88. The Balaban J connectivity index is 1.55. The summed E-state index contributed by atoms with van der Waals surface area (Å²) in [7, 11) is 0. The number of benzene rings is 1. The van der Waals surface area contributed by atoms with Crippen LogP contribution in [0.1, 0.15) is 42.5 Å². The van der Waals surface area contributed by atoms with Crippen LogP contribution in [0.3, 0.4) is 0 Å². The van der Waals surface area contributed by atoms with Crippen molar-refractivity contribution in [3.63, 3.8) is 0 Å². The van der Waals surface area contributed by atoms with Crippen LogP contribution < -0.4 is 0 Å². The average Bonchev–Trinajstić information content (AvgIpc) is 2.61. The molecule has 0 radical (unpaired) electrons. The van der Waals surface area contributed by atoms with Crippen LogP contribution in [0.5, 0.6) is 0 Å². The van der Waals surface area contributed by atoms with Gasteiger partial charge in [-0.2, -0.15) is 0 Å². The lowest BCUT2D eigenvalue weighted by molar-refractivity contribution is -0.138. The fourth-order valence-electron chi connectivity index (χ4n) is 3.54. The molecule has 0 bridgehead atoms. The summed E-state index contributed by atoms with van der Waals surface area (Å²) in [5.74, 6) is 0.575. The van der Waals surface area contributed by atoms with Gasteiger partial charge in [0, 0.05) is 42.1 Å². The number of hydrogen-bond donors (Lipinski definition) is 0.